The van der Waals surface area contributed by atoms with E-state index in [9.17, 15) is 0 Å². The van der Waals surface area contributed by atoms with E-state index in [0.29, 0.717) is 19.1 Å². The van der Waals surface area contributed by atoms with Crippen molar-refractivity contribution < 1.29 is 14.0 Å². The summed E-state index contributed by atoms with van der Waals surface area (Å²) in [5.41, 5.74) is 2.93. The summed E-state index contributed by atoms with van der Waals surface area (Å²) in [5, 5.41) is 3.91. The average molecular weight is 419 g/mol. The normalized spacial score (nSPS) is 13.8. The van der Waals surface area contributed by atoms with Crippen molar-refractivity contribution >= 4 is 27.9 Å². The maximum absolute atomic E-state index is 5.98. The highest BCUT2D eigenvalue weighted by molar-refractivity contribution is 9.11. The van der Waals surface area contributed by atoms with Crippen LogP contribution in [0.4, 0.5) is 0 Å². The average Bonchev–Trinajstić information content (AvgIpc) is 3.31. The molecule has 6 heteroatoms. The first-order chi connectivity index (χ1) is 12.8. The van der Waals surface area contributed by atoms with E-state index in [-0.39, 0.29) is 0 Å². The third-order valence-corrected chi connectivity index (χ3v) is 4.35. The molecule has 0 spiro atoms. The van der Waals surface area contributed by atoms with Gasteiger partial charge in [0.15, 0.2) is 0 Å². The number of ether oxygens (including phenoxy) is 2. The molecule has 2 aromatic rings. The van der Waals surface area contributed by atoms with Crippen molar-refractivity contribution in [3.63, 3.8) is 0 Å². The lowest BCUT2D eigenvalue weighted by molar-refractivity contribution is 0.302. The molecule has 5 nitrogen and oxygen atoms in total. The molecule has 1 aliphatic heterocycles. The van der Waals surface area contributed by atoms with Gasteiger partial charge in [-0.3, -0.25) is 0 Å². The van der Waals surface area contributed by atoms with Crippen LogP contribution in [-0.2, 0) is 11.2 Å². The summed E-state index contributed by atoms with van der Waals surface area (Å²) >= 11 is 3.34. The summed E-state index contributed by atoms with van der Waals surface area (Å²) in [6.07, 6.45) is 6.06. The van der Waals surface area contributed by atoms with Crippen LogP contribution in [-0.4, -0.2) is 30.8 Å². The minimum atomic E-state index is 0.658. The van der Waals surface area contributed by atoms with Crippen molar-refractivity contribution in [1.29, 1.82) is 0 Å². The van der Waals surface area contributed by atoms with Crippen LogP contribution in [0.25, 0.3) is 6.08 Å². The monoisotopic (exact) mass is 418 g/mol. The Hall–Kier alpha value is -2.08. The Kier molecular flexibility index (Phi) is 6.89. The highest BCUT2D eigenvalue weighted by Gasteiger charge is 2.12. The maximum Gasteiger partial charge on any atom is 0.216 e. The quantitative estimate of drug-likeness (QED) is 0.542. The maximum atomic E-state index is 5.98. The molecule has 0 saturated heterocycles. The van der Waals surface area contributed by atoms with E-state index >= 15 is 0 Å². The number of hydrogen-bond acceptors (Lipinski definition) is 5. The van der Waals surface area contributed by atoms with Crippen LogP contribution < -0.4 is 4.74 Å². The van der Waals surface area contributed by atoms with Gasteiger partial charge in [-0.2, -0.15) is 0 Å². The third kappa shape index (κ3) is 5.21. The molecule has 1 aromatic carbocycles. The summed E-state index contributed by atoms with van der Waals surface area (Å²) in [5.74, 6) is 2.54. The predicted molar refractivity (Wildman–Crippen MR) is 106 cm³/mol. The molecule has 0 radical (unpaired) electrons. The molecule has 0 amide bonds. The Morgan fingerprint density at radius 3 is 2.88 bits per heavy atom. The third-order valence-electron chi connectivity index (χ3n) is 4.09. The van der Waals surface area contributed by atoms with Gasteiger partial charge in [-0.1, -0.05) is 21.1 Å². The van der Waals surface area contributed by atoms with Crippen molar-refractivity contribution in [1.82, 2.24) is 5.16 Å². The standard InChI is InChI=1S/C20H23BrN2O3/c1-15-13-18(26-23-15)5-3-2-4-11-24-19-7-6-17(14-16(19)8-9-21)20-22-10-12-25-20/h6-9,13-14H,2-5,10-12H2,1H3. The van der Waals surface area contributed by atoms with E-state index in [4.69, 9.17) is 14.0 Å². The molecule has 3 rings (SSSR count). The highest BCUT2D eigenvalue weighted by atomic mass is 79.9. The van der Waals surface area contributed by atoms with Gasteiger partial charge in [0.1, 0.15) is 18.1 Å². The van der Waals surface area contributed by atoms with Crippen LogP contribution in [0, 0.1) is 6.92 Å². The second-order valence-corrected chi connectivity index (χ2v) is 6.70. The predicted octanol–water partition coefficient (Wildman–Crippen LogP) is 4.92. The van der Waals surface area contributed by atoms with Gasteiger partial charge in [0.2, 0.25) is 5.90 Å². The molecule has 0 unspecified atom stereocenters. The number of hydrogen-bond donors (Lipinski definition) is 0. The fraction of sp³-hybridized carbons (Fsp3) is 0.400. The molecule has 0 N–H and O–H groups in total. The van der Waals surface area contributed by atoms with Gasteiger partial charge in [0, 0.05) is 23.6 Å². The smallest absolute Gasteiger partial charge is 0.216 e. The van der Waals surface area contributed by atoms with Crippen LogP contribution in [0.3, 0.4) is 0 Å². The Morgan fingerprint density at radius 2 is 2.15 bits per heavy atom. The van der Waals surface area contributed by atoms with Gasteiger partial charge >= 0.3 is 0 Å². The summed E-state index contributed by atoms with van der Waals surface area (Å²) in [7, 11) is 0. The number of benzene rings is 1. The largest absolute Gasteiger partial charge is 0.493 e. The van der Waals surface area contributed by atoms with E-state index in [1.54, 1.807) is 0 Å². The first-order valence-electron chi connectivity index (χ1n) is 8.89. The Labute approximate surface area is 162 Å². The van der Waals surface area contributed by atoms with Gasteiger partial charge in [-0.05, 0) is 55.4 Å². The summed E-state index contributed by atoms with van der Waals surface area (Å²) in [4.78, 5) is 6.19. The minimum Gasteiger partial charge on any atom is -0.493 e. The Morgan fingerprint density at radius 1 is 1.23 bits per heavy atom. The lowest BCUT2D eigenvalue weighted by Gasteiger charge is -2.11. The number of aromatic nitrogens is 1. The highest BCUT2D eigenvalue weighted by Crippen LogP contribution is 2.24. The van der Waals surface area contributed by atoms with Crippen molar-refractivity contribution in [2.45, 2.75) is 32.6 Å². The SMILES string of the molecule is Cc1cc(CCCCCOc2ccc(C3=NCCO3)cc2C=CBr)on1. The molecule has 1 aromatic heterocycles. The second-order valence-electron chi connectivity index (χ2n) is 6.17. The molecule has 0 aliphatic carbocycles. The fourth-order valence-electron chi connectivity index (χ4n) is 2.82. The summed E-state index contributed by atoms with van der Waals surface area (Å²) in [6, 6.07) is 8.02. The van der Waals surface area contributed by atoms with E-state index in [0.717, 1.165) is 60.6 Å². The zero-order valence-corrected chi connectivity index (χ0v) is 16.5. The molecule has 0 fully saturated rings. The summed E-state index contributed by atoms with van der Waals surface area (Å²) in [6.45, 7) is 4.02. The van der Waals surface area contributed by atoms with Crippen molar-refractivity contribution in [2.24, 2.45) is 4.99 Å². The number of halogens is 1. The molecule has 0 bridgehead atoms. The van der Waals surface area contributed by atoms with Gasteiger partial charge in [0.25, 0.3) is 0 Å². The molecule has 0 atom stereocenters. The molecule has 0 saturated carbocycles. The molecule has 2 heterocycles. The Balaban J connectivity index is 1.47. The fourth-order valence-corrected chi connectivity index (χ4v) is 3.10. The van der Waals surface area contributed by atoms with Gasteiger partial charge in [-0.15, -0.1) is 0 Å². The Bertz CT molecular complexity index is 783. The minimum absolute atomic E-state index is 0.658. The van der Waals surface area contributed by atoms with E-state index in [2.05, 4.69) is 26.1 Å². The van der Waals surface area contributed by atoms with Crippen molar-refractivity contribution in [2.75, 3.05) is 19.8 Å². The number of unbranched alkanes of at least 4 members (excludes halogenated alkanes) is 2. The van der Waals surface area contributed by atoms with Gasteiger partial charge in [0.05, 0.1) is 18.8 Å². The topological polar surface area (TPSA) is 56.9 Å². The molecular formula is C20H23BrN2O3. The first kappa shape index (κ1) is 18.7. The second kappa shape index (κ2) is 9.57. The number of aliphatic imine (C=N–C) groups is 1. The number of aryl methyl sites for hydroxylation is 2. The van der Waals surface area contributed by atoms with Crippen molar-refractivity contribution in [3.05, 3.63) is 51.8 Å². The van der Waals surface area contributed by atoms with Crippen LogP contribution in [0.1, 0.15) is 41.8 Å². The van der Waals surface area contributed by atoms with E-state index in [1.165, 1.54) is 0 Å². The zero-order chi connectivity index (χ0) is 18.2. The van der Waals surface area contributed by atoms with E-state index < -0.39 is 0 Å². The number of nitrogens with zero attached hydrogens (tertiary/aromatic N) is 2. The van der Waals surface area contributed by atoms with Gasteiger partial charge < -0.3 is 14.0 Å². The van der Waals surface area contributed by atoms with E-state index in [1.807, 2.05) is 42.3 Å². The van der Waals surface area contributed by atoms with Crippen LogP contribution >= 0.6 is 15.9 Å². The first-order valence-corrected chi connectivity index (χ1v) is 9.81. The van der Waals surface area contributed by atoms with Crippen molar-refractivity contribution in [3.8, 4) is 5.75 Å². The van der Waals surface area contributed by atoms with Crippen LogP contribution in [0.2, 0.25) is 0 Å². The molecule has 26 heavy (non-hydrogen) atoms. The van der Waals surface area contributed by atoms with Gasteiger partial charge in [-0.25, -0.2) is 4.99 Å². The van der Waals surface area contributed by atoms with Crippen LogP contribution in [0.5, 0.6) is 5.75 Å². The lowest BCUT2D eigenvalue weighted by Crippen LogP contribution is -2.03. The molecule has 1 aliphatic rings. The summed E-state index contributed by atoms with van der Waals surface area (Å²) < 4.78 is 16.7. The molecule has 138 valence electrons. The number of rotatable bonds is 9. The zero-order valence-electron chi connectivity index (χ0n) is 14.9. The van der Waals surface area contributed by atoms with Crippen LogP contribution in [0.15, 0.2) is 38.8 Å². The molecular weight excluding hydrogens is 396 g/mol. The lowest BCUT2D eigenvalue weighted by atomic mass is 10.1.